The molecule has 0 saturated carbocycles. The van der Waals surface area contributed by atoms with Crippen molar-refractivity contribution in [1.82, 2.24) is 14.5 Å². The minimum Gasteiger partial charge on any atom is -0.328 e. The second-order valence-electron chi connectivity index (χ2n) is 4.72. The lowest BCUT2D eigenvalue weighted by atomic mass is 10.1. The Morgan fingerprint density at radius 2 is 2.10 bits per heavy atom. The van der Waals surface area contributed by atoms with Gasteiger partial charge < -0.3 is 4.57 Å². The molecule has 3 rings (SSSR count). The van der Waals surface area contributed by atoms with E-state index >= 15 is 0 Å². The summed E-state index contributed by atoms with van der Waals surface area (Å²) in [6, 6.07) is 9.53. The molecule has 0 spiro atoms. The molecule has 3 aromatic rings. The van der Waals surface area contributed by atoms with Crippen molar-refractivity contribution in [3.63, 3.8) is 0 Å². The molecule has 2 aromatic heterocycles. The van der Waals surface area contributed by atoms with E-state index in [1.165, 1.54) is 6.20 Å². The molecule has 0 aliphatic rings. The third kappa shape index (κ3) is 2.54. The van der Waals surface area contributed by atoms with Crippen LogP contribution in [0.2, 0.25) is 5.02 Å². The summed E-state index contributed by atoms with van der Waals surface area (Å²) in [6.07, 6.45) is 3.28. The Morgan fingerprint density at radius 1 is 1.29 bits per heavy atom. The molecule has 106 valence electrons. The molecule has 0 aliphatic heterocycles. The average molecular weight is 300 g/mol. The van der Waals surface area contributed by atoms with Gasteiger partial charge in [-0.05, 0) is 25.1 Å². The van der Waals surface area contributed by atoms with Crippen LogP contribution in [0.25, 0.3) is 11.0 Å². The number of rotatable bonds is 4. The average Bonchev–Trinajstić information content (AvgIpc) is 2.84. The number of hydrogen-bond donors (Lipinski definition) is 0. The summed E-state index contributed by atoms with van der Waals surface area (Å²) >= 11 is 6.03. The third-order valence-corrected chi connectivity index (χ3v) is 3.74. The van der Waals surface area contributed by atoms with Crippen molar-refractivity contribution < 1.29 is 4.79 Å². The fourth-order valence-corrected chi connectivity index (χ4v) is 2.68. The molecular weight excluding hydrogens is 286 g/mol. The van der Waals surface area contributed by atoms with Gasteiger partial charge in [-0.2, -0.15) is 0 Å². The highest BCUT2D eigenvalue weighted by Crippen LogP contribution is 2.19. The van der Waals surface area contributed by atoms with Crippen molar-refractivity contribution >= 4 is 28.4 Å². The molecule has 0 aliphatic carbocycles. The quantitative estimate of drug-likeness (QED) is 0.692. The highest BCUT2D eigenvalue weighted by atomic mass is 35.5. The van der Waals surface area contributed by atoms with Crippen molar-refractivity contribution in [1.29, 1.82) is 0 Å². The number of ketones is 1. The molecular formula is C16H14ClN3O. The van der Waals surface area contributed by atoms with E-state index in [4.69, 9.17) is 11.6 Å². The molecule has 0 fully saturated rings. The molecule has 1 aromatic carbocycles. The number of para-hydroxylation sites is 2. The number of aryl methyl sites for hydroxylation is 1. The lowest BCUT2D eigenvalue weighted by Gasteiger charge is -2.06. The van der Waals surface area contributed by atoms with Crippen molar-refractivity contribution in [2.45, 2.75) is 19.9 Å². The number of halogens is 1. The molecule has 4 nitrogen and oxygen atoms in total. The second-order valence-corrected chi connectivity index (χ2v) is 5.12. The van der Waals surface area contributed by atoms with E-state index in [1.54, 1.807) is 12.3 Å². The summed E-state index contributed by atoms with van der Waals surface area (Å²) in [7, 11) is 0. The zero-order chi connectivity index (χ0) is 14.8. The number of aromatic nitrogens is 3. The topological polar surface area (TPSA) is 47.8 Å². The summed E-state index contributed by atoms with van der Waals surface area (Å²) in [6.45, 7) is 2.81. The van der Waals surface area contributed by atoms with Gasteiger partial charge in [-0.3, -0.25) is 9.78 Å². The number of imidazole rings is 1. The first-order chi connectivity index (χ1) is 10.2. The minimum atomic E-state index is -0.0487. The summed E-state index contributed by atoms with van der Waals surface area (Å²) in [5.74, 6) is 0.712. The van der Waals surface area contributed by atoms with E-state index in [0.717, 1.165) is 23.4 Å². The predicted molar refractivity (Wildman–Crippen MR) is 82.7 cm³/mol. The summed E-state index contributed by atoms with van der Waals surface area (Å²) in [5.41, 5.74) is 2.44. The Morgan fingerprint density at radius 3 is 2.86 bits per heavy atom. The van der Waals surface area contributed by atoms with Crippen molar-refractivity contribution in [3.05, 3.63) is 59.1 Å². The maximum absolute atomic E-state index is 12.4. The molecule has 0 saturated heterocycles. The SMILES string of the molecule is CCn1c(CC(=O)c2ccncc2Cl)nc2ccccc21. The van der Waals surface area contributed by atoms with Crippen LogP contribution in [-0.2, 0) is 13.0 Å². The van der Waals surface area contributed by atoms with Gasteiger partial charge in [0.15, 0.2) is 5.78 Å². The van der Waals surface area contributed by atoms with Crippen LogP contribution in [-0.4, -0.2) is 20.3 Å². The van der Waals surface area contributed by atoms with Crippen LogP contribution in [0.5, 0.6) is 0 Å². The first-order valence-corrected chi connectivity index (χ1v) is 7.15. The number of Topliss-reactive ketones (excluding diaryl/α,β-unsaturated/α-hetero) is 1. The first-order valence-electron chi connectivity index (χ1n) is 6.77. The van der Waals surface area contributed by atoms with Crippen molar-refractivity contribution in [2.75, 3.05) is 0 Å². The maximum atomic E-state index is 12.4. The molecule has 0 radical (unpaired) electrons. The lowest BCUT2D eigenvalue weighted by molar-refractivity contribution is 0.0990. The molecule has 2 heterocycles. The maximum Gasteiger partial charge on any atom is 0.171 e. The van der Waals surface area contributed by atoms with Crippen LogP contribution in [0, 0.1) is 0 Å². The molecule has 0 N–H and O–H groups in total. The van der Waals surface area contributed by atoms with Gasteiger partial charge in [0.2, 0.25) is 0 Å². The zero-order valence-corrected chi connectivity index (χ0v) is 12.3. The van der Waals surface area contributed by atoms with Gasteiger partial charge in [-0.15, -0.1) is 0 Å². The largest absolute Gasteiger partial charge is 0.328 e. The number of carbonyl (C=O) groups is 1. The van der Waals surface area contributed by atoms with Crippen LogP contribution >= 0.6 is 11.6 Å². The molecule has 0 amide bonds. The lowest BCUT2D eigenvalue weighted by Crippen LogP contribution is -2.10. The monoisotopic (exact) mass is 299 g/mol. The number of pyridine rings is 1. The molecule has 0 bridgehead atoms. The highest BCUT2D eigenvalue weighted by Gasteiger charge is 2.16. The zero-order valence-electron chi connectivity index (χ0n) is 11.6. The number of benzene rings is 1. The van der Waals surface area contributed by atoms with Crippen LogP contribution in [0.3, 0.4) is 0 Å². The fraction of sp³-hybridized carbons (Fsp3) is 0.188. The summed E-state index contributed by atoms with van der Waals surface area (Å²) < 4.78 is 2.06. The van der Waals surface area contributed by atoms with Crippen molar-refractivity contribution in [3.8, 4) is 0 Å². The highest BCUT2D eigenvalue weighted by molar-refractivity contribution is 6.33. The van der Waals surface area contributed by atoms with Gasteiger partial charge in [0, 0.05) is 24.5 Å². The Kier molecular flexibility index (Phi) is 3.71. The fourth-order valence-electron chi connectivity index (χ4n) is 2.45. The van der Waals surface area contributed by atoms with Gasteiger partial charge in [0.25, 0.3) is 0 Å². The molecule has 5 heteroatoms. The van der Waals surface area contributed by atoms with E-state index < -0.39 is 0 Å². The molecule has 0 unspecified atom stereocenters. The van der Waals surface area contributed by atoms with Crippen LogP contribution in [0.4, 0.5) is 0 Å². The standard InChI is InChI=1S/C16H14ClN3O/c1-2-20-14-6-4-3-5-13(14)19-16(20)9-15(21)11-7-8-18-10-12(11)17/h3-8,10H,2,9H2,1H3. The first kappa shape index (κ1) is 13.8. The Hall–Kier alpha value is -2.20. The number of fused-ring (bicyclic) bond motifs is 1. The van der Waals surface area contributed by atoms with Crippen LogP contribution in [0.1, 0.15) is 23.1 Å². The van der Waals surface area contributed by atoms with Crippen LogP contribution < -0.4 is 0 Å². The molecule has 21 heavy (non-hydrogen) atoms. The second kappa shape index (κ2) is 5.66. The summed E-state index contributed by atoms with van der Waals surface area (Å²) in [5, 5.41) is 0.377. The Bertz CT molecular complexity index is 810. The van der Waals surface area contributed by atoms with E-state index in [9.17, 15) is 4.79 Å². The van der Waals surface area contributed by atoms with Gasteiger partial charge in [0.1, 0.15) is 5.82 Å². The van der Waals surface area contributed by atoms with E-state index in [2.05, 4.69) is 14.5 Å². The molecule has 0 atom stereocenters. The van der Waals surface area contributed by atoms with E-state index in [1.807, 2.05) is 31.2 Å². The normalized spacial score (nSPS) is 11.0. The van der Waals surface area contributed by atoms with Gasteiger partial charge >= 0.3 is 0 Å². The Labute approximate surface area is 127 Å². The number of carbonyl (C=O) groups excluding carboxylic acids is 1. The number of nitrogens with zero attached hydrogens (tertiary/aromatic N) is 3. The minimum absolute atomic E-state index is 0.0487. The van der Waals surface area contributed by atoms with E-state index in [-0.39, 0.29) is 12.2 Å². The smallest absolute Gasteiger partial charge is 0.171 e. The Balaban J connectivity index is 1.98. The third-order valence-electron chi connectivity index (χ3n) is 3.44. The van der Waals surface area contributed by atoms with Gasteiger partial charge in [-0.25, -0.2) is 4.98 Å². The summed E-state index contributed by atoms with van der Waals surface area (Å²) in [4.78, 5) is 20.9. The number of hydrogen-bond acceptors (Lipinski definition) is 3. The van der Waals surface area contributed by atoms with E-state index in [0.29, 0.717) is 10.6 Å². The van der Waals surface area contributed by atoms with Gasteiger partial charge in [0.05, 0.1) is 22.5 Å². The predicted octanol–water partition coefficient (Wildman–Crippen LogP) is 3.53. The van der Waals surface area contributed by atoms with Crippen LogP contribution in [0.15, 0.2) is 42.7 Å². The van der Waals surface area contributed by atoms with Crippen molar-refractivity contribution in [2.24, 2.45) is 0 Å². The van der Waals surface area contributed by atoms with Gasteiger partial charge in [-0.1, -0.05) is 23.7 Å².